The quantitative estimate of drug-likeness (QED) is 0.279. The van der Waals surface area contributed by atoms with Gasteiger partial charge >= 0.3 is 0 Å². The van der Waals surface area contributed by atoms with Crippen molar-refractivity contribution in [1.82, 2.24) is 10.3 Å². The second-order valence-electron chi connectivity index (χ2n) is 7.84. The van der Waals surface area contributed by atoms with Gasteiger partial charge in [0.1, 0.15) is 5.75 Å². The number of amides is 1. The van der Waals surface area contributed by atoms with Crippen LogP contribution in [0.4, 0.5) is 5.69 Å². The van der Waals surface area contributed by atoms with Gasteiger partial charge in [0.05, 0.1) is 27.8 Å². The van der Waals surface area contributed by atoms with E-state index in [1.165, 1.54) is 11.8 Å². The summed E-state index contributed by atoms with van der Waals surface area (Å²) in [6.07, 6.45) is 3.93. The molecule has 1 amide bonds. The molecule has 1 aliphatic rings. The van der Waals surface area contributed by atoms with Gasteiger partial charge in [0.2, 0.25) is 5.91 Å². The number of aromatic hydroxyl groups is 1. The number of thioether (sulfide) groups is 1. The summed E-state index contributed by atoms with van der Waals surface area (Å²) in [5, 5.41) is 15.3. The van der Waals surface area contributed by atoms with E-state index in [1.807, 2.05) is 48.5 Å². The summed E-state index contributed by atoms with van der Waals surface area (Å²) >= 11 is 2.99. The third-order valence-corrected chi connectivity index (χ3v) is 7.68. The van der Waals surface area contributed by atoms with Crippen LogP contribution < -0.4 is 5.32 Å². The third-order valence-electron chi connectivity index (χ3n) is 5.52. The SMILES string of the molecule is O=C(CSc1nc2ccc(N=Cc3c(O)ccc4ccccc34)cc2s1)NC[C@@H]1CCCO1. The highest BCUT2D eigenvalue weighted by Crippen LogP contribution is 2.32. The minimum Gasteiger partial charge on any atom is -0.507 e. The topological polar surface area (TPSA) is 83.8 Å². The molecule has 1 atom stereocenters. The van der Waals surface area contributed by atoms with Gasteiger partial charge in [0.15, 0.2) is 4.34 Å². The Kier molecular flexibility index (Phi) is 6.57. The van der Waals surface area contributed by atoms with E-state index >= 15 is 0 Å². The zero-order valence-corrected chi connectivity index (χ0v) is 19.5. The van der Waals surface area contributed by atoms with Gasteiger partial charge < -0.3 is 15.2 Å². The number of nitrogens with zero attached hydrogens (tertiary/aromatic N) is 2. The molecule has 5 rings (SSSR count). The molecule has 1 fully saturated rings. The van der Waals surface area contributed by atoms with Gasteiger partial charge in [-0.25, -0.2) is 4.98 Å². The van der Waals surface area contributed by atoms with Crippen LogP contribution in [0.25, 0.3) is 21.0 Å². The van der Waals surface area contributed by atoms with Gasteiger partial charge in [0.25, 0.3) is 0 Å². The number of benzene rings is 3. The highest BCUT2D eigenvalue weighted by atomic mass is 32.2. The molecule has 0 aliphatic carbocycles. The molecule has 33 heavy (non-hydrogen) atoms. The number of carbonyl (C=O) groups is 1. The Morgan fingerprint density at radius 3 is 3.06 bits per heavy atom. The summed E-state index contributed by atoms with van der Waals surface area (Å²) in [6.45, 7) is 1.36. The Labute approximate surface area is 199 Å². The number of hydrogen-bond donors (Lipinski definition) is 2. The van der Waals surface area contributed by atoms with Crippen molar-refractivity contribution in [3.8, 4) is 5.75 Å². The Hall–Kier alpha value is -2.94. The number of rotatable bonds is 7. The number of aromatic nitrogens is 1. The fourth-order valence-electron chi connectivity index (χ4n) is 3.80. The molecule has 1 saturated heterocycles. The van der Waals surface area contributed by atoms with Crippen LogP contribution in [-0.4, -0.2) is 47.2 Å². The Balaban J connectivity index is 1.26. The predicted octanol–water partition coefficient (Wildman–Crippen LogP) is 5.29. The fraction of sp³-hybridized carbons (Fsp3) is 0.240. The van der Waals surface area contributed by atoms with Crippen LogP contribution in [0.2, 0.25) is 0 Å². The molecular weight excluding hydrogens is 454 g/mol. The van der Waals surface area contributed by atoms with E-state index in [1.54, 1.807) is 23.6 Å². The van der Waals surface area contributed by atoms with Crippen molar-refractivity contribution in [2.24, 2.45) is 4.99 Å². The molecule has 2 N–H and O–H groups in total. The van der Waals surface area contributed by atoms with Gasteiger partial charge in [0, 0.05) is 24.9 Å². The second-order valence-corrected chi connectivity index (χ2v) is 10.1. The van der Waals surface area contributed by atoms with Crippen molar-refractivity contribution in [3.63, 3.8) is 0 Å². The number of thiazole rings is 1. The molecule has 0 unspecified atom stereocenters. The molecule has 4 aromatic rings. The first kappa shape index (κ1) is 21.9. The molecule has 0 saturated carbocycles. The fourth-order valence-corrected chi connectivity index (χ4v) is 5.74. The van der Waals surface area contributed by atoms with E-state index in [0.29, 0.717) is 17.9 Å². The largest absolute Gasteiger partial charge is 0.507 e. The molecule has 1 aliphatic heterocycles. The zero-order valence-electron chi connectivity index (χ0n) is 17.9. The number of phenols is 1. The molecule has 1 aromatic heterocycles. The lowest BCUT2D eigenvalue weighted by Gasteiger charge is -2.09. The summed E-state index contributed by atoms with van der Waals surface area (Å²) in [7, 11) is 0. The van der Waals surface area contributed by atoms with Gasteiger partial charge in [-0.05, 0) is 47.9 Å². The zero-order chi connectivity index (χ0) is 22.6. The number of fused-ring (bicyclic) bond motifs is 2. The van der Waals surface area contributed by atoms with Crippen molar-refractivity contribution >= 4 is 61.9 Å². The van der Waals surface area contributed by atoms with E-state index in [9.17, 15) is 9.90 Å². The number of aliphatic imine (C=N–C) groups is 1. The maximum atomic E-state index is 12.1. The summed E-state index contributed by atoms with van der Waals surface area (Å²) < 4.78 is 7.40. The van der Waals surface area contributed by atoms with Crippen LogP contribution in [0, 0.1) is 0 Å². The van der Waals surface area contributed by atoms with Gasteiger partial charge in [-0.3, -0.25) is 9.79 Å². The molecule has 2 heterocycles. The van der Waals surface area contributed by atoms with E-state index in [0.717, 1.165) is 50.5 Å². The Bertz CT molecular complexity index is 1330. The van der Waals surface area contributed by atoms with Gasteiger partial charge in [-0.2, -0.15) is 0 Å². The normalized spacial score (nSPS) is 16.2. The van der Waals surface area contributed by atoms with Crippen LogP contribution in [0.5, 0.6) is 5.75 Å². The van der Waals surface area contributed by atoms with Crippen molar-refractivity contribution < 1.29 is 14.6 Å². The predicted molar refractivity (Wildman–Crippen MR) is 135 cm³/mol. The number of ether oxygens (including phenoxy) is 1. The highest BCUT2D eigenvalue weighted by molar-refractivity contribution is 8.01. The van der Waals surface area contributed by atoms with Crippen LogP contribution in [0.1, 0.15) is 18.4 Å². The average molecular weight is 478 g/mol. The number of nitrogens with one attached hydrogen (secondary N) is 1. The third kappa shape index (κ3) is 5.19. The van der Waals surface area contributed by atoms with Crippen molar-refractivity contribution in [2.45, 2.75) is 23.3 Å². The van der Waals surface area contributed by atoms with Crippen molar-refractivity contribution in [2.75, 3.05) is 18.9 Å². The standard InChI is InChI=1S/C25H23N3O3S2/c29-22-10-7-16-4-1-2-6-19(16)20(22)14-26-17-8-9-21-23(12-17)33-25(28-21)32-15-24(30)27-13-18-5-3-11-31-18/h1-2,4,6-10,12,14,18,29H,3,5,11,13,15H2,(H,27,30)/t18-/m0/s1. The number of carbonyl (C=O) groups excluding carboxylic acids is 1. The molecule has 0 bridgehead atoms. The Morgan fingerprint density at radius 1 is 1.27 bits per heavy atom. The summed E-state index contributed by atoms with van der Waals surface area (Å²) in [4.78, 5) is 21.3. The summed E-state index contributed by atoms with van der Waals surface area (Å²) in [5.74, 6) is 0.528. The van der Waals surface area contributed by atoms with Crippen molar-refractivity contribution in [1.29, 1.82) is 0 Å². The lowest BCUT2D eigenvalue weighted by Crippen LogP contribution is -2.32. The van der Waals surface area contributed by atoms with E-state index < -0.39 is 0 Å². The first-order valence-corrected chi connectivity index (χ1v) is 12.6. The van der Waals surface area contributed by atoms with Crippen LogP contribution in [-0.2, 0) is 9.53 Å². The smallest absolute Gasteiger partial charge is 0.230 e. The van der Waals surface area contributed by atoms with E-state index in [-0.39, 0.29) is 17.8 Å². The van der Waals surface area contributed by atoms with Crippen LogP contribution >= 0.6 is 23.1 Å². The second kappa shape index (κ2) is 9.91. The molecule has 0 radical (unpaired) electrons. The molecule has 8 heteroatoms. The molecule has 168 valence electrons. The maximum Gasteiger partial charge on any atom is 0.230 e. The monoisotopic (exact) mass is 477 g/mol. The van der Waals surface area contributed by atoms with E-state index in [4.69, 9.17) is 4.74 Å². The number of hydrogen-bond acceptors (Lipinski definition) is 7. The van der Waals surface area contributed by atoms with Crippen molar-refractivity contribution in [3.05, 3.63) is 60.2 Å². The number of phenolic OH excluding ortho intramolecular Hbond substituents is 1. The molecule has 0 spiro atoms. The first-order valence-electron chi connectivity index (χ1n) is 10.8. The van der Waals surface area contributed by atoms with Crippen LogP contribution in [0.3, 0.4) is 0 Å². The van der Waals surface area contributed by atoms with E-state index in [2.05, 4.69) is 15.3 Å². The molecule has 6 nitrogen and oxygen atoms in total. The van der Waals surface area contributed by atoms with Gasteiger partial charge in [-0.15, -0.1) is 11.3 Å². The summed E-state index contributed by atoms with van der Waals surface area (Å²) in [5.41, 5.74) is 2.36. The van der Waals surface area contributed by atoms with Gasteiger partial charge in [-0.1, -0.05) is 42.1 Å². The van der Waals surface area contributed by atoms with Crippen LogP contribution in [0.15, 0.2) is 63.9 Å². The molecule has 3 aromatic carbocycles. The minimum absolute atomic E-state index is 0.00468. The Morgan fingerprint density at radius 2 is 2.18 bits per heavy atom. The minimum atomic E-state index is -0.00468. The summed E-state index contributed by atoms with van der Waals surface area (Å²) in [6, 6.07) is 17.3. The first-order chi connectivity index (χ1) is 16.2. The highest BCUT2D eigenvalue weighted by Gasteiger charge is 2.16. The molecular formula is C25H23N3O3S2. The average Bonchev–Trinajstić information content (AvgIpc) is 3.50. The lowest BCUT2D eigenvalue weighted by molar-refractivity contribution is -0.119. The lowest BCUT2D eigenvalue weighted by atomic mass is 10.0. The maximum absolute atomic E-state index is 12.1.